The molecule has 0 aliphatic heterocycles. The van der Waals surface area contributed by atoms with Crippen LogP contribution in [0.4, 0.5) is 5.69 Å². The smallest absolute Gasteiger partial charge is 0.119 e. The molecule has 106 valence electrons. The average Bonchev–Trinajstić information content (AvgIpc) is 2.55. The van der Waals surface area contributed by atoms with Crippen LogP contribution in [0.25, 0.3) is 10.9 Å². The lowest BCUT2D eigenvalue weighted by atomic mass is 10.1. The first-order valence-corrected chi connectivity index (χ1v) is 7.65. The second kappa shape index (κ2) is 6.06. The van der Waals surface area contributed by atoms with Crippen molar-refractivity contribution < 1.29 is 4.74 Å². The number of benzene rings is 2. The number of fused-ring (bicyclic) bond motifs is 1. The molecular formula is C17H16N2OS. The summed E-state index contributed by atoms with van der Waals surface area (Å²) in [5, 5.41) is 1.02. The summed E-state index contributed by atoms with van der Waals surface area (Å²) in [6.07, 6.45) is 1.81. The molecule has 1 aromatic heterocycles. The normalized spacial score (nSPS) is 10.7. The monoisotopic (exact) mass is 296 g/mol. The Morgan fingerprint density at radius 3 is 2.90 bits per heavy atom. The van der Waals surface area contributed by atoms with Crippen LogP contribution in [0.1, 0.15) is 5.56 Å². The first kappa shape index (κ1) is 13.8. The quantitative estimate of drug-likeness (QED) is 0.581. The number of thioether (sulfide) groups is 1. The van der Waals surface area contributed by atoms with Crippen molar-refractivity contribution in [2.24, 2.45) is 0 Å². The van der Waals surface area contributed by atoms with E-state index in [9.17, 15) is 0 Å². The molecule has 0 amide bonds. The van der Waals surface area contributed by atoms with Crippen molar-refractivity contribution in [2.45, 2.75) is 10.6 Å². The fourth-order valence-corrected chi connectivity index (χ4v) is 3.15. The summed E-state index contributed by atoms with van der Waals surface area (Å²) >= 11 is 1.76. The van der Waals surface area contributed by atoms with E-state index in [0.717, 1.165) is 28.1 Å². The van der Waals surface area contributed by atoms with Gasteiger partial charge in [-0.2, -0.15) is 0 Å². The molecule has 0 bridgehead atoms. The summed E-state index contributed by atoms with van der Waals surface area (Å²) in [5.41, 5.74) is 8.95. The molecule has 3 nitrogen and oxygen atoms in total. The molecule has 0 unspecified atom stereocenters. The topological polar surface area (TPSA) is 48.1 Å². The molecule has 0 radical (unpaired) electrons. The van der Waals surface area contributed by atoms with Crippen molar-refractivity contribution in [1.29, 1.82) is 0 Å². The maximum absolute atomic E-state index is 6.01. The average molecular weight is 296 g/mol. The number of rotatable bonds is 4. The van der Waals surface area contributed by atoms with Crippen molar-refractivity contribution in [1.82, 2.24) is 4.98 Å². The van der Waals surface area contributed by atoms with Gasteiger partial charge in [-0.25, -0.2) is 0 Å². The Bertz CT molecular complexity index is 774. The number of methoxy groups -OCH3 is 1. The van der Waals surface area contributed by atoms with Gasteiger partial charge in [0, 0.05) is 27.9 Å². The van der Waals surface area contributed by atoms with E-state index in [2.05, 4.69) is 17.1 Å². The highest BCUT2D eigenvalue weighted by molar-refractivity contribution is 7.98. The first-order valence-electron chi connectivity index (χ1n) is 6.67. The van der Waals surface area contributed by atoms with Gasteiger partial charge in [0.1, 0.15) is 5.75 Å². The van der Waals surface area contributed by atoms with Crippen molar-refractivity contribution >= 4 is 28.4 Å². The minimum absolute atomic E-state index is 0.772. The molecule has 3 rings (SSSR count). The minimum Gasteiger partial charge on any atom is -0.497 e. The zero-order chi connectivity index (χ0) is 14.7. The summed E-state index contributed by atoms with van der Waals surface area (Å²) in [4.78, 5) is 5.65. The third-order valence-corrected chi connectivity index (χ3v) is 4.37. The van der Waals surface area contributed by atoms with Crippen molar-refractivity contribution in [3.8, 4) is 5.75 Å². The number of nitrogens with zero attached hydrogens (tertiary/aromatic N) is 1. The molecule has 0 aliphatic carbocycles. The molecule has 0 atom stereocenters. The molecule has 21 heavy (non-hydrogen) atoms. The Balaban J connectivity index is 1.87. The molecular weight excluding hydrogens is 280 g/mol. The minimum atomic E-state index is 0.772. The molecule has 0 fully saturated rings. The van der Waals surface area contributed by atoms with E-state index in [1.807, 2.05) is 42.6 Å². The molecule has 0 saturated carbocycles. The van der Waals surface area contributed by atoms with E-state index >= 15 is 0 Å². The van der Waals surface area contributed by atoms with Gasteiger partial charge in [-0.05, 0) is 42.0 Å². The Labute approximate surface area is 128 Å². The van der Waals surface area contributed by atoms with Gasteiger partial charge in [-0.15, -0.1) is 11.8 Å². The number of anilines is 1. The number of ether oxygens (including phenoxy) is 1. The molecule has 3 aromatic rings. The van der Waals surface area contributed by atoms with Crippen molar-refractivity contribution in [2.75, 3.05) is 12.8 Å². The molecule has 0 saturated heterocycles. The van der Waals surface area contributed by atoms with Crippen LogP contribution >= 0.6 is 11.8 Å². The summed E-state index contributed by atoms with van der Waals surface area (Å²) in [6, 6.07) is 16.0. The fourth-order valence-electron chi connectivity index (χ4n) is 2.22. The summed E-state index contributed by atoms with van der Waals surface area (Å²) in [5.74, 6) is 1.72. The van der Waals surface area contributed by atoms with E-state index in [1.54, 1.807) is 18.9 Å². The van der Waals surface area contributed by atoms with E-state index < -0.39 is 0 Å². The van der Waals surface area contributed by atoms with Crippen LogP contribution in [0, 0.1) is 0 Å². The predicted octanol–water partition coefficient (Wildman–Crippen LogP) is 4.12. The van der Waals surface area contributed by atoms with Gasteiger partial charge in [0.05, 0.1) is 12.6 Å². The largest absolute Gasteiger partial charge is 0.497 e. The Kier molecular flexibility index (Phi) is 3.97. The second-order valence-electron chi connectivity index (χ2n) is 4.68. The van der Waals surface area contributed by atoms with E-state index in [0.29, 0.717) is 0 Å². The number of nitrogens with two attached hydrogens (primary N) is 1. The third-order valence-electron chi connectivity index (χ3n) is 3.32. The fraction of sp³-hybridized carbons (Fsp3) is 0.118. The lowest BCUT2D eigenvalue weighted by Gasteiger charge is -2.08. The first-order chi connectivity index (χ1) is 10.3. The van der Waals surface area contributed by atoms with E-state index in [1.165, 1.54) is 10.5 Å². The van der Waals surface area contributed by atoms with Gasteiger partial charge in [0.15, 0.2) is 0 Å². The Morgan fingerprint density at radius 1 is 1.14 bits per heavy atom. The Hall–Kier alpha value is -2.20. The number of hydrogen-bond acceptors (Lipinski definition) is 4. The highest BCUT2D eigenvalue weighted by Gasteiger charge is 2.06. The number of nitrogen functional groups attached to an aromatic ring is 1. The highest BCUT2D eigenvalue weighted by Crippen LogP contribution is 2.30. The highest BCUT2D eigenvalue weighted by atomic mass is 32.2. The van der Waals surface area contributed by atoms with Crippen LogP contribution in [0.3, 0.4) is 0 Å². The maximum Gasteiger partial charge on any atom is 0.119 e. The molecule has 4 heteroatoms. The van der Waals surface area contributed by atoms with Crippen molar-refractivity contribution in [3.05, 3.63) is 60.3 Å². The van der Waals surface area contributed by atoms with Gasteiger partial charge in [-0.3, -0.25) is 4.98 Å². The number of pyridine rings is 1. The number of hydrogen-bond donors (Lipinski definition) is 1. The van der Waals surface area contributed by atoms with Gasteiger partial charge in [0.25, 0.3) is 0 Å². The SMILES string of the molecule is COc1cccc(SCc2ccc(N)c3cccnc23)c1. The van der Waals surface area contributed by atoms with Crippen molar-refractivity contribution in [3.63, 3.8) is 0 Å². The van der Waals surface area contributed by atoms with Crippen LogP contribution in [-0.2, 0) is 5.75 Å². The maximum atomic E-state index is 6.01. The molecule has 0 aliphatic rings. The van der Waals surface area contributed by atoms with E-state index in [-0.39, 0.29) is 0 Å². The second-order valence-corrected chi connectivity index (χ2v) is 5.73. The zero-order valence-electron chi connectivity index (χ0n) is 11.7. The van der Waals surface area contributed by atoms with Crippen LogP contribution in [0.15, 0.2) is 59.6 Å². The molecule has 0 spiro atoms. The lowest BCUT2D eigenvalue weighted by Crippen LogP contribution is -1.92. The van der Waals surface area contributed by atoms with Crippen LogP contribution in [0.2, 0.25) is 0 Å². The summed E-state index contributed by atoms with van der Waals surface area (Å²) < 4.78 is 5.25. The van der Waals surface area contributed by atoms with Gasteiger partial charge in [-0.1, -0.05) is 12.1 Å². The Morgan fingerprint density at radius 2 is 2.05 bits per heavy atom. The molecule has 2 aromatic carbocycles. The third kappa shape index (κ3) is 2.95. The standard InChI is InChI=1S/C17H16N2OS/c1-20-13-4-2-5-14(10-13)21-11-12-7-8-16(18)15-6-3-9-19-17(12)15/h2-10H,11,18H2,1H3. The van der Waals surface area contributed by atoms with Gasteiger partial charge in [0.2, 0.25) is 0 Å². The summed E-state index contributed by atoms with van der Waals surface area (Å²) in [6.45, 7) is 0. The van der Waals surface area contributed by atoms with E-state index in [4.69, 9.17) is 10.5 Å². The van der Waals surface area contributed by atoms with Crippen LogP contribution in [-0.4, -0.2) is 12.1 Å². The lowest BCUT2D eigenvalue weighted by molar-refractivity contribution is 0.413. The summed E-state index contributed by atoms with van der Waals surface area (Å²) in [7, 11) is 1.68. The number of aromatic nitrogens is 1. The van der Waals surface area contributed by atoms with Gasteiger partial charge < -0.3 is 10.5 Å². The zero-order valence-corrected chi connectivity index (χ0v) is 12.6. The molecule has 1 heterocycles. The molecule has 2 N–H and O–H groups in total. The van der Waals surface area contributed by atoms with Crippen LogP contribution < -0.4 is 10.5 Å². The predicted molar refractivity (Wildman–Crippen MR) is 88.7 cm³/mol. The van der Waals surface area contributed by atoms with Crippen LogP contribution in [0.5, 0.6) is 5.75 Å². The van der Waals surface area contributed by atoms with Gasteiger partial charge >= 0.3 is 0 Å².